The van der Waals surface area contributed by atoms with Crippen molar-refractivity contribution in [2.45, 2.75) is 5.16 Å². The van der Waals surface area contributed by atoms with Crippen LogP contribution in [0.4, 0.5) is 11.5 Å². The number of aliphatic carboxylic acids is 1. The van der Waals surface area contributed by atoms with Gasteiger partial charge in [0.15, 0.2) is 5.16 Å². The number of hydrogen-bond donors (Lipinski definition) is 1. The van der Waals surface area contributed by atoms with Gasteiger partial charge >= 0.3 is 5.97 Å². The molecule has 1 fully saturated rings. The molecule has 0 spiro atoms. The van der Waals surface area contributed by atoms with Crippen LogP contribution < -0.4 is 14.5 Å². The van der Waals surface area contributed by atoms with Gasteiger partial charge in [-0.25, -0.2) is 9.97 Å². The molecular formula is C17H19ClN4O3S. The van der Waals surface area contributed by atoms with Gasteiger partial charge in [-0.1, -0.05) is 23.4 Å². The molecule has 0 aliphatic carbocycles. The number of piperazine rings is 1. The molecule has 1 N–H and O–H groups in total. The van der Waals surface area contributed by atoms with Crippen LogP contribution in [0.3, 0.4) is 0 Å². The first kappa shape index (κ1) is 18.6. The number of carboxylic acid groups (broad SMARTS) is 1. The molecule has 1 aromatic heterocycles. The summed E-state index contributed by atoms with van der Waals surface area (Å²) >= 11 is 7.14. The summed E-state index contributed by atoms with van der Waals surface area (Å²) in [6, 6.07) is 9.73. The van der Waals surface area contributed by atoms with Crippen molar-refractivity contribution >= 4 is 40.8 Å². The van der Waals surface area contributed by atoms with Crippen LogP contribution >= 0.6 is 23.4 Å². The van der Waals surface area contributed by atoms with Crippen LogP contribution in [0.5, 0.6) is 5.75 Å². The van der Waals surface area contributed by atoms with E-state index in [-0.39, 0.29) is 5.75 Å². The van der Waals surface area contributed by atoms with Crippen LogP contribution in [-0.2, 0) is 4.79 Å². The lowest BCUT2D eigenvalue weighted by Gasteiger charge is -2.36. The number of halogens is 1. The van der Waals surface area contributed by atoms with E-state index in [0.717, 1.165) is 55.2 Å². The number of benzene rings is 1. The number of hydrogen-bond acceptors (Lipinski definition) is 7. The molecule has 2 aromatic rings. The molecule has 3 rings (SSSR count). The highest BCUT2D eigenvalue weighted by molar-refractivity contribution is 7.99. The molecule has 1 aliphatic rings. The molecule has 138 valence electrons. The minimum absolute atomic E-state index is 0.0922. The molecule has 1 saturated heterocycles. The van der Waals surface area contributed by atoms with Crippen molar-refractivity contribution < 1.29 is 14.6 Å². The fraction of sp³-hybridized carbons (Fsp3) is 0.353. The average molecular weight is 395 g/mol. The quantitative estimate of drug-likeness (QED) is 0.455. The van der Waals surface area contributed by atoms with E-state index in [4.69, 9.17) is 21.4 Å². The Kier molecular flexibility index (Phi) is 6.05. The molecule has 0 bridgehead atoms. The zero-order chi connectivity index (χ0) is 18.5. The number of carbonyl (C=O) groups is 1. The molecule has 9 heteroatoms. The monoisotopic (exact) mass is 394 g/mol. The number of aromatic nitrogens is 2. The fourth-order valence-corrected chi connectivity index (χ4v) is 3.53. The van der Waals surface area contributed by atoms with Gasteiger partial charge in [0.25, 0.3) is 0 Å². The second-order valence-electron chi connectivity index (χ2n) is 5.69. The molecule has 0 radical (unpaired) electrons. The third-order valence-electron chi connectivity index (χ3n) is 4.03. The second kappa shape index (κ2) is 8.46. The maximum atomic E-state index is 10.7. The lowest BCUT2D eigenvalue weighted by molar-refractivity contribution is -0.133. The summed E-state index contributed by atoms with van der Waals surface area (Å²) in [5, 5.41) is 9.50. The summed E-state index contributed by atoms with van der Waals surface area (Å²) in [5.41, 5.74) is 1.16. The molecule has 26 heavy (non-hydrogen) atoms. The smallest absolute Gasteiger partial charge is 0.313 e. The van der Waals surface area contributed by atoms with Crippen LogP contribution in [0.25, 0.3) is 0 Å². The number of nitrogens with zero attached hydrogens (tertiary/aromatic N) is 4. The summed E-state index contributed by atoms with van der Waals surface area (Å²) in [6.45, 7) is 3.29. The first-order chi connectivity index (χ1) is 12.5. The van der Waals surface area contributed by atoms with Crippen molar-refractivity contribution in [3.05, 3.63) is 35.5 Å². The van der Waals surface area contributed by atoms with Crippen molar-refractivity contribution in [3.63, 3.8) is 0 Å². The Hall–Kier alpha value is -2.19. The van der Waals surface area contributed by atoms with Crippen molar-refractivity contribution in [1.82, 2.24) is 9.97 Å². The van der Waals surface area contributed by atoms with E-state index >= 15 is 0 Å². The van der Waals surface area contributed by atoms with E-state index < -0.39 is 5.97 Å². The first-order valence-electron chi connectivity index (χ1n) is 8.08. The number of anilines is 2. The van der Waals surface area contributed by atoms with Gasteiger partial charge in [-0.15, -0.1) is 0 Å². The standard InChI is InChI=1S/C17H19ClN4O3S/c1-25-13-4-2-12(3-5-13)21-6-8-22(9-7-21)15-10-14(18)19-17(20-15)26-11-16(23)24/h2-5,10H,6-9,11H2,1H3,(H,23,24). The average Bonchev–Trinajstić information content (AvgIpc) is 2.66. The second-order valence-corrected chi connectivity index (χ2v) is 7.02. The zero-order valence-electron chi connectivity index (χ0n) is 14.3. The Labute approximate surface area is 160 Å². The number of thioether (sulfide) groups is 1. The molecule has 7 nitrogen and oxygen atoms in total. The van der Waals surface area contributed by atoms with Gasteiger partial charge in [-0.05, 0) is 24.3 Å². The van der Waals surface area contributed by atoms with E-state index in [0.29, 0.717) is 10.3 Å². The molecule has 0 amide bonds. The molecule has 0 atom stereocenters. The summed E-state index contributed by atoms with van der Waals surface area (Å²) in [6.07, 6.45) is 0. The van der Waals surface area contributed by atoms with Crippen LogP contribution in [0.15, 0.2) is 35.5 Å². The Balaban J connectivity index is 1.64. The van der Waals surface area contributed by atoms with Gasteiger partial charge in [-0.3, -0.25) is 4.79 Å². The van der Waals surface area contributed by atoms with Crippen molar-refractivity contribution in [3.8, 4) is 5.75 Å². The third-order valence-corrected chi connectivity index (χ3v) is 5.05. The Morgan fingerprint density at radius 1 is 1.19 bits per heavy atom. The van der Waals surface area contributed by atoms with Crippen LogP contribution in [0.1, 0.15) is 0 Å². The summed E-state index contributed by atoms with van der Waals surface area (Å²) in [7, 11) is 1.66. The number of rotatable bonds is 6. The third kappa shape index (κ3) is 4.70. The van der Waals surface area contributed by atoms with Gasteiger partial charge in [0, 0.05) is 37.9 Å². The largest absolute Gasteiger partial charge is 0.497 e. The maximum absolute atomic E-state index is 10.7. The van der Waals surface area contributed by atoms with Gasteiger partial charge in [0.1, 0.15) is 16.7 Å². The first-order valence-corrected chi connectivity index (χ1v) is 9.44. The predicted molar refractivity (Wildman–Crippen MR) is 103 cm³/mol. The van der Waals surface area contributed by atoms with Crippen LogP contribution in [-0.4, -0.2) is 60.1 Å². The predicted octanol–water partition coefficient (Wildman–Crippen LogP) is 2.64. The Morgan fingerprint density at radius 3 is 2.46 bits per heavy atom. The lowest BCUT2D eigenvalue weighted by atomic mass is 10.2. The van der Waals surface area contributed by atoms with E-state index in [9.17, 15) is 4.79 Å². The van der Waals surface area contributed by atoms with Crippen molar-refractivity contribution in [1.29, 1.82) is 0 Å². The topological polar surface area (TPSA) is 78.8 Å². The zero-order valence-corrected chi connectivity index (χ0v) is 15.8. The molecule has 1 aromatic carbocycles. The highest BCUT2D eigenvalue weighted by Gasteiger charge is 2.20. The molecule has 0 saturated carbocycles. The maximum Gasteiger partial charge on any atom is 0.313 e. The summed E-state index contributed by atoms with van der Waals surface area (Å²) < 4.78 is 5.20. The van der Waals surface area contributed by atoms with E-state index in [1.807, 2.05) is 12.1 Å². The molecular weight excluding hydrogens is 376 g/mol. The fourth-order valence-electron chi connectivity index (χ4n) is 2.73. The van der Waals surface area contributed by atoms with Gasteiger partial charge in [0.2, 0.25) is 0 Å². The SMILES string of the molecule is COc1ccc(N2CCN(c3cc(Cl)nc(SCC(=O)O)n3)CC2)cc1. The minimum Gasteiger partial charge on any atom is -0.497 e. The van der Waals surface area contributed by atoms with Crippen LogP contribution in [0, 0.1) is 0 Å². The Bertz CT molecular complexity index is 767. The Morgan fingerprint density at radius 2 is 1.85 bits per heavy atom. The number of ether oxygens (including phenoxy) is 1. The normalized spacial score (nSPS) is 14.4. The van der Waals surface area contributed by atoms with Gasteiger partial charge < -0.3 is 19.6 Å². The highest BCUT2D eigenvalue weighted by atomic mass is 35.5. The lowest BCUT2D eigenvalue weighted by Crippen LogP contribution is -2.46. The van der Waals surface area contributed by atoms with Gasteiger partial charge in [0.05, 0.1) is 12.9 Å². The minimum atomic E-state index is -0.909. The van der Waals surface area contributed by atoms with E-state index in [2.05, 4.69) is 31.9 Å². The van der Waals surface area contributed by atoms with E-state index in [1.54, 1.807) is 13.2 Å². The molecule has 1 aliphatic heterocycles. The van der Waals surface area contributed by atoms with Crippen LogP contribution in [0.2, 0.25) is 5.15 Å². The van der Waals surface area contributed by atoms with E-state index in [1.165, 1.54) is 0 Å². The van der Waals surface area contributed by atoms with Crippen molar-refractivity contribution in [2.75, 3.05) is 48.8 Å². The number of carboxylic acids is 1. The number of methoxy groups -OCH3 is 1. The van der Waals surface area contributed by atoms with Crippen molar-refractivity contribution in [2.24, 2.45) is 0 Å². The summed E-state index contributed by atoms with van der Waals surface area (Å²) in [4.78, 5) is 23.7. The molecule has 2 heterocycles. The van der Waals surface area contributed by atoms with Gasteiger partial charge in [-0.2, -0.15) is 0 Å². The summed E-state index contributed by atoms with van der Waals surface area (Å²) in [5.74, 6) is 0.570. The molecule has 0 unspecified atom stereocenters. The highest BCUT2D eigenvalue weighted by Crippen LogP contribution is 2.25.